The summed E-state index contributed by atoms with van der Waals surface area (Å²) >= 11 is 0. The van der Waals surface area contributed by atoms with Gasteiger partial charge in [0.25, 0.3) is 0 Å². The third-order valence-electron chi connectivity index (χ3n) is 1.17. The van der Waals surface area contributed by atoms with Gasteiger partial charge in [-0.05, 0) is 32.6 Å². The molecule has 68 valence electrons. The molecule has 0 saturated carbocycles. The van der Waals surface area contributed by atoms with Gasteiger partial charge >= 0.3 is 8.56 Å². The summed E-state index contributed by atoms with van der Waals surface area (Å²) in [7, 11) is -2.63. The Balaban J connectivity index is 3.61. The normalized spacial score (nSPS) is 12.5. The van der Waals surface area contributed by atoms with Crippen molar-refractivity contribution in [3.8, 4) is 0 Å². The number of hydrogen-bond acceptors (Lipinski definition) is 2. The zero-order valence-electron chi connectivity index (χ0n) is 8.31. The summed E-state index contributed by atoms with van der Waals surface area (Å²) in [5.41, 5.74) is 0. The van der Waals surface area contributed by atoms with Crippen LogP contribution in [0.2, 0.25) is 26.2 Å². The van der Waals surface area contributed by atoms with Crippen molar-refractivity contribution in [1.82, 2.24) is 0 Å². The highest BCUT2D eigenvalue weighted by atomic mass is 28.4. The van der Waals surface area contributed by atoms with Crippen molar-refractivity contribution in [1.29, 1.82) is 0 Å². The Labute approximate surface area is 72.9 Å². The molecule has 0 aliphatic rings. The van der Waals surface area contributed by atoms with Gasteiger partial charge in [-0.15, -0.1) is 0 Å². The fourth-order valence-corrected chi connectivity index (χ4v) is 6.46. The molecule has 0 aliphatic heterocycles. The highest BCUT2D eigenvalue weighted by molar-refractivity contribution is 6.72. The highest BCUT2D eigenvalue weighted by Crippen LogP contribution is 2.08. The van der Waals surface area contributed by atoms with Gasteiger partial charge in [0.2, 0.25) is 0 Å². The van der Waals surface area contributed by atoms with Crippen LogP contribution in [0.25, 0.3) is 0 Å². The molecule has 0 bridgehead atoms. The largest absolute Gasteiger partial charge is 0.439 e. The van der Waals surface area contributed by atoms with E-state index in [1.54, 1.807) is 0 Å². The van der Waals surface area contributed by atoms with Crippen LogP contribution in [0.3, 0.4) is 0 Å². The molecule has 0 saturated heterocycles. The van der Waals surface area contributed by atoms with E-state index in [2.05, 4.69) is 33.1 Å². The summed E-state index contributed by atoms with van der Waals surface area (Å²) in [5, 5.41) is 0. The quantitative estimate of drug-likeness (QED) is 0.621. The van der Waals surface area contributed by atoms with E-state index in [1.807, 2.05) is 0 Å². The van der Waals surface area contributed by atoms with Crippen molar-refractivity contribution in [2.45, 2.75) is 39.5 Å². The Bertz CT molecular complexity index is 105. The molecule has 0 atom stereocenters. The smallest absolute Gasteiger partial charge is 0.321 e. The van der Waals surface area contributed by atoms with Crippen molar-refractivity contribution in [3.63, 3.8) is 0 Å². The molecule has 0 aliphatic carbocycles. The lowest BCUT2D eigenvalue weighted by Crippen LogP contribution is -2.39. The lowest BCUT2D eigenvalue weighted by atomic mass is 10.5. The third kappa shape index (κ3) is 6.74. The van der Waals surface area contributed by atoms with Gasteiger partial charge in [0.05, 0.1) is 0 Å². The first-order chi connectivity index (χ1) is 4.98. The first-order valence-corrected chi connectivity index (χ1v) is 9.89. The van der Waals surface area contributed by atoms with Gasteiger partial charge < -0.3 is 8.54 Å². The lowest BCUT2D eigenvalue weighted by Gasteiger charge is -2.24. The number of hydrogen-bond donors (Lipinski definition) is 0. The molecule has 0 rings (SSSR count). The van der Waals surface area contributed by atoms with Crippen LogP contribution in [0.15, 0.2) is 0 Å². The second-order valence-corrected chi connectivity index (χ2v) is 9.54. The molecule has 0 amide bonds. The number of rotatable bonds is 5. The van der Waals surface area contributed by atoms with Gasteiger partial charge in [0, 0.05) is 6.61 Å². The Hall–Kier alpha value is 0.354. The average molecular weight is 192 g/mol. The van der Waals surface area contributed by atoms with Crippen LogP contribution in [0.4, 0.5) is 0 Å². The molecule has 0 aromatic heterocycles. The van der Waals surface area contributed by atoms with Gasteiger partial charge in [-0.2, -0.15) is 0 Å². The minimum atomic E-state index is -1.73. The van der Waals surface area contributed by atoms with E-state index < -0.39 is 17.6 Å². The minimum Gasteiger partial charge on any atom is -0.439 e. The van der Waals surface area contributed by atoms with Crippen molar-refractivity contribution in [3.05, 3.63) is 0 Å². The fraction of sp³-hybridized carbons (Fsp3) is 1.00. The highest BCUT2D eigenvalue weighted by Gasteiger charge is 2.24. The first kappa shape index (κ1) is 11.4. The van der Waals surface area contributed by atoms with E-state index >= 15 is 0 Å². The van der Waals surface area contributed by atoms with Gasteiger partial charge in [-0.1, -0.05) is 6.92 Å². The van der Waals surface area contributed by atoms with Crippen molar-refractivity contribution in [2.75, 3.05) is 6.61 Å². The molecule has 0 fully saturated rings. The van der Waals surface area contributed by atoms with E-state index in [-0.39, 0.29) is 0 Å². The van der Waals surface area contributed by atoms with Crippen LogP contribution in [-0.4, -0.2) is 24.2 Å². The Morgan fingerprint density at radius 3 is 2.18 bits per heavy atom. The molecule has 0 spiro atoms. The molecule has 4 heteroatoms. The molecule has 0 aromatic rings. The fourth-order valence-electron chi connectivity index (χ4n) is 0.950. The molecule has 2 nitrogen and oxygen atoms in total. The van der Waals surface area contributed by atoms with Crippen LogP contribution < -0.4 is 0 Å². The third-order valence-corrected chi connectivity index (χ3v) is 6.23. The predicted octanol–water partition coefficient (Wildman–Crippen LogP) is 2.11. The maximum atomic E-state index is 5.80. The molecule has 0 heterocycles. The van der Waals surface area contributed by atoms with Crippen LogP contribution >= 0.6 is 0 Å². The standard InChI is InChI=1S/C7H20O2Si2/c1-6-7-8-11(4,5)9-10(2)3/h10H,6-7H2,1-5H3. The second kappa shape index (κ2) is 5.08. The van der Waals surface area contributed by atoms with Crippen LogP contribution in [0.5, 0.6) is 0 Å². The molecule has 0 N–H and O–H groups in total. The van der Waals surface area contributed by atoms with E-state index in [9.17, 15) is 0 Å². The lowest BCUT2D eigenvalue weighted by molar-refractivity contribution is 0.250. The molecule has 11 heavy (non-hydrogen) atoms. The van der Waals surface area contributed by atoms with Crippen LogP contribution in [0, 0.1) is 0 Å². The van der Waals surface area contributed by atoms with E-state index in [0.29, 0.717) is 0 Å². The molecule has 0 aromatic carbocycles. The molecule has 0 unspecified atom stereocenters. The monoisotopic (exact) mass is 192 g/mol. The Morgan fingerprint density at radius 1 is 1.27 bits per heavy atom. The summed E-state index contributed by atoms with van der Waals surface area (Å²) in [6.07, 6.45) is 1.08. The summed E-state index contributed by atoms with van der Waals surface area (Å²) in [6.45, 7) is 11.6. The maximum Gasteiger partial charge on any atom is 0.321 e. The summed E-state index contributed by atoms with van der Waals surface area (Å²) < 4.78 is 11.4. The molecule has 0 radical (unpaired) electrons. The van der Waals surface area contributed by atoms with Crippen molar-refractivity contribution < 1.29 is 8.54 Å². The van der Waals surface area contributed by atoms with Gasteiger partial charge in [-0.3, -0.25) is 0 Å². The zero-order chi connectivity index (χ0) is 8.91. The maximum absolute atomic E-state index is 5.80. The van der Waals surface area contributed by atoms with Gasteiger partial charge in [-0.25, -0.2) is 0 Å². The van der Waals surface area contributed by atoms with E-state index in [0.717, 1.165) is 13.0 Å². The topological polar surface area (TPSA) is 18.5 Å². The molecular weight excluding hydrogens is 172 g/mol. The zero-order valence-corrected chi connectivity index (χ0v) is 10.5. The van der Waals surface area contributed by atoms with Crippen LogP contribution in [0.1, 0.15) is 13.3 Å². The summed E-state index contributed by atoms with van der Waals surface area (Å²) in [5.74, 6) is 0. The van der Waals surface area contributed by atoms with Gasteiger partial charge in [0.1, 0.15) is 0 Å². The SMILES string of the molecule is CCCO[Si](C)(C)O[SiH](C)C. The van der Waals surface area contributed by atoms with Crippen molar-refractivity contribution >= 4 is 17.6 Å². The van der Waals surface area contributed by atoms with E-state index in [1.165, 1.54) is 0 Å². The van der Waals surface area contributed by atoms with Crippen LogP contribution in [-0.2, 0) is 8.54 Å². The summed E-state index contributed by atoms with van der Waals surface area (Å²) in [4.78, 5) is 0. The van der Waals surface area contributed by atoms with E-state index in [4.69, 9.17) is 8.54 Å². The second-order valence-electron chi connectivity index (χ2n) is 3.41. The molecular formula is C7H20O2Si2. The Morgan fingerprint density at radius 2 is 1.82 bits per heavy atom. The first-order valence-electron chi connectivity index (χ1n) is 4.29. The minimum absolute atomic E-state index is 0.848. The van der Waals surface area contributed by atoms with Gasteiger partial charge in [0.15, 0.2) is 9.04 Å². The Kier molecular flexibility index (Phi) is 5.24. The predicted molar refractivity (Wildman–Crippen MR) is 53.7 cm³/mol. The average Bonchev–Trinajstić information content (AvgIpc) is 1.81. The summed E-state index contributed by atoms with van der Waals surface area (Å²) in [6, 6.07) is 0. The van der Waals surface area contributed by atoms with Crippen molar-refractivity contribution in [2.24, 2.45) is 0 Å².